The van der Waals surface area contributed by atoms with Crippen LogP contribution in [0.2, 0.25) is 10.0 Å². The number of aliphatic hydroxyl groups is 1. The standard InChI is InChI=1S/C18H23Cl2NO/c19-15-2-1-14(6-16(15)20)17(22)10-21-18-7-11-3-12(8-18)5-13(4-11)9-18/h1-2,6,11-13,17,21-22H,3-5,7-10H2. The number of benzene rings is 1. The molecular weight excluding hydrogens is 317 g/mol. The van der Waals surface area contributed by atoms with Crippen LogP contribution in [0.15, 0.2) is 18.2 Å². The van der Waals surface area contributed by atoms with Gasteiger partial charge >= 0.3 is 0 Å². The summed E-state index contributed by atoms with van der Waals surface area (Å²) in [6.45, 7) is 0.601. The van der Waals surface area contributed by atoms with E-state index in [1.54, 1.807) is 12.1 Å². The van der Waals surface area contributed by atoms with Crippen molar-refractivity contribution in [2.24, 2.45) is 17.8 Å². The second-order valence-electron chi connectivity index (χ2n) is 7.77. The van der Waals surface area contributed by atoms with Gasteiger partial charge in [0.15, 0.2) is 0 Å². The van der Waals surface area contributed by atoms with Crippen molar-refractivity contribution in [3.05, 3.63) is 33.8 Å². The van der Waals surface area contributed by atoms with Crippen LogP contribution in [0.3, 0.4) is 0 Å². The zero-order chi connectivity index (χ0) is 15.3. The Kier molecular flexibility index (Phi) is 3.93. The monoisotopic (exact) mass is 339 g/mol. The van der Waals surface area contributed by atoms with Gasteiger partial charge in [0.2, 0.25) is 0 Å². The molecule has 0 aromatic heterocycles. The fraction of sp³-hybridized carbons (Fsp3) is 0.667. The molecule has 1 unspecified atom stereocenters. The molecule has 4 heteroatoms. The molecule has 22 heavy (non-hydrogen) atoms. The predicted octanol–water partition coefficient (Wildman–Crippen LogP) is 4.59. The lowest BCUT2D eigenvalue weighted by Gasteiger charge is -2.57. The Hall–Kier alpha value is -0.280. The summed E-state index contributed by atoms with van der Waals surface area (Å²) in [5.74, 6) is 2.75. The lowest BCUT2D eigenvalue weighted by Crippen LogP contribution is -2.59. The van der Waals surface area contributed by atoms with Crippen LogP contribution in [0.5, 0.6) is 0 Å². The number of aliphatic hydroxyl groups excluding tert-OH is 1. The van der Waals surface area contributed by atoms with Crippen molar-refractivity contribution in [2.75, 3.05) is 6.54 Å². The third-order valence-corrected chi connectivity index (χ3v) is 6.78. The van der Waals surface area contributed by atoms with E-state index in [0.717, 1.165) is 23.3 Å². The van der Waals surface area contributed by atoms with E-state index in [9.17, 15) is 5.11 Å². The number of halogens is 2. The van der Waals surface area contributed by atoms with E-state index in [1.807, 2.05) is 6.07 Å². The van der Waals surface area contributed by atoms with E-state index < -0.39 is 6.10 Å². The van der Waals surface area contributed by atoms with Gasteiger partial charge in [0.25, 0.3) is 0 Å². The zero-order valence-electron chi connectivity index (χ0n) is 12.7. The number of β-amino-alcohol motifs (C(OH)–C–C–N with tert-alkyl or cyclic N) is 1. The van der Waals surface area contributed by atoms with Crippen molar-refractivity contribution in [2.45, 2.75) is 50.2 Å². The molecule has 2 N–H and O–H groups in total. The first-order valence-corrected chi connectivity index (χ1v) is 9.17. The molecule has 4 aliphatic carbocycles. The van der Waals surface area contributed by atoms with Crippen molar-refractivity contribution in [3.8, 4) is 0 Å². The van der Waals surface area contributed by atoms with Gasteiger partial charge in [-0.25, -0.2) is 0 Å². The minimum absolute atomic E-state index is 0.284. The van der Waals surface area contributed by atoms with E-state index in [1.165, 1.54) is 38.5 Å². The molecule has 0 radical (unpaired) electrons. The van der Waals surface area contributed by atoms with Gasteiger partial charge in [-0.1, -0.05) is 29.3 Å². The molecule has 0 spiro atoms. The molecule has 4 aliphatic rings. The van der Waals surface area contributed by atoms with Crippen LogP contribution in [-0.4, -0.2) is 17.2 Å². The van der Waals surface area contributed by atoms with Crippen molar-refractivity contribution >= 4 is 23.2 Å². The Morgan fingerprint density at radius 1 is 1.05 bits per heavy atom. The molecule has 5 rings (SSSR count). The quantitative estimate of drug-likeness (QED) is 0.841. The van der Waals surface area contributed by atoms with Gasteiger partial charge in [-0.3, -0.25) is 0 Å². The molecule has 120 valence electrons. The van der Waals surface area contributed by atoms with Crippen molar-refractivity contribution in [1.29, 1.82) is 0 Å². The minimum atomic E-state index is -0.525. The highest BCUT2D eigenvalue weighted by Gasteiger charge is 2.50. The molecule has 4 fully saturated rings. The summed E-state index contributed by atoms with van der Waals surface area (Å²) in [6.07, 6.45) is 7.69. The van der Waals surface area contributed by atoms with Gasteiger partial charge in [-0.05, 0) is 74.0 Å². The maximum Gasteiger partial charge on any atom is 0.0915 e. The summed E-state index contributed by atoms with van der Waals surface area (Å²) in [6, 6.07) is 5.39. The molecular formula is C18H23Cl2NO. The molecule has 0 heterocycles. The van der Waals surface area contributed by atoms with Crippen LogP contribution >= 0.6 is 23.2 Å². The molecule has 4 bridgehead atoms. The van der Waals surface area contributed by atoms with E-state index >= 15 is 0 Å². The third kappa shape index (κ3) is 2.80. The largest absolute Gasteiger partial charge is 0.387 e. The topological polar surface area (TPSA) is 32.3 Å². The summed E-state index contributed by atoms with van der Waals surface area (Å²) in [7, 11) is 0. The highest BCUT2D eigenvalue weighted by molar-refractivity contribution is 6.42. The van der Waals surface area contributed by atoms with Gasteiger partial charge in [-0.15, -0.1) is 0 Å². The fourth-order valence-corrected chi connectivity index (χ4v) is 5.78. The van der Waals surface area contributed by atoms with Gasteiger partial charge in [-0.2, -0.15) is 0 Å². The third-order valence-electron chi connectivity index (χ3n) is 6.04. The molecule has 0 saturated heterocycles. The van der Waals surface area contributed by atoms with Gasteiger partial charge in [0.1, 0.15) is 0 Å². The zero-order valence-corrected chi connectivity index (χ0v) is 14.2. The van der Waals surface area contributed by atoms with Crippen molar-refractivity contribution in [3.63, 3.8) is 0 Å². The molecule has 4 saturated carbocycles. The lowest BCUT2D eigenvalue weighted by atomic mass is 9.53. The second kappa shape index (κ2) is 5.66. The highest BCUT2D eigenvalue weighted by atomic mass is 35.5. The average Bonchev–Trinajstić information content (AvgIpc) is 2.46. The smallest absolute Gasteiger partial charge is 0.0915 e. The lowest BCUT2D eigenvalue weighted by molar-refractivity contribution is -0.0248. The number of hydrogen-bond acceptors (Lipinski definition) is 2. The number of hydrogen-bond donors (Lipinski definition) is 2. The summed E-state index contributed by atoms with van der Waals surface area (Å²) in [5, 5.41) is 15.2. The Labute approximate surface area is 142 Å². The first kappa shape index (κ1) is 15.3. The summed E-state index contributed by atoms with van der Waals surface area (Å²) >= 11 is 12.0. The normalized spacial score (nSPS) is 37.5. The van der Waals surface area contributed by atoms with Crippen LogP contribution in [-0.2, 0) is 0 Å². The van der Waals surface area contributed by atoms with Crippen LogP contribution in [0.4, 0.5) is 0 Å². The SMILES string of the molecule is OC(CNC12CC3CC(CC(C3)C1)C2)c1ccc(Cl)c(Cl)c1. The summed E-state index contributed by atoms with van der Waals surface area (Å²) in [4.78, 5) is 0. The van der Waals surface area contributed by atoms with Crippen molar-refractivity contribution in [1.82, 2.24) is 5.32 Å². The van der Waals surface area contributed by atoms with E-state index in [-0.39, 0.29) is 5.54 Å². The van der Waals surface area contributed by atoms with Crippen LogP contribution in [0, 0.1) is 17.8 Å². The van der Waals surface area contributed by atoms with Gasteiger partial charge < -0.3 is 10.4 Å². The fourth-order valence-electron chi connectivity index (χ4n) is 5.48. The Morgan fingerprint density at radius 3 is 2.18 bits per heavy atom. The van der Waals surface area contributed by atoms with Crippen molar-refractivity contribution < 1.29 is 5.11 Å². The average molecular weight is 340 g/mol. The summed E-state index contributed by atoms with van der Waals surface area (Å²) < 4.78 is 0. The second-order valence-corrected chi connectivity index (χ2v) is 8.58. The molecule has 1 aromatic rings. The number of rotatable bonds is 4. The Morgan fingerprint density at radius 2 is 1.64 bits per heavy atom. The van der Waals surface area contributed by atoms with E-state index in [2.05, 4.69) is 5.32 Å². The molecule has 2 nitrogen and oxygen atoms in total. The molecule has 0 amide bonds. The van der Waals surface area contributed by atoms with E-state index in [0.29, 0.717) is 16.6 Å². The minimum Gasteiger partial charge on any atom is -0.387 e. The van der Waals surface area contributed by atoms with Gasteiger partial charge in [0.05, 0.1) is 16.1 Å². The molecule has 1 aromatic carbocycles. The predicted molar refractivity (Wildman–Crippen MR) is 90.3 cm³/mol. The Balaban J connectivity index is 1.42. The van der Waals surface area contributed by atoms with Crippen LogP contribution < -0.4 is 5.32 Å². The maximum absolute atomic E-state index is 10.5. The van der Waals surface area contributed by atoms with Crippen LogP contribution in [0.1, 0.15) is 50.2 Å². The molecule has 1 atom stereocenters. The summed E-state index contributed by atoms with van der Waals surface area (Å²) in [5.41, 5.74) is 1.12. The number of nitrogens with one attached hydrogen (secondary N) is 1. The molecule has 0 aliphatic heterocycles. The first-order chi connectivity index (χ1) is 10.5. The van der Waals surface area contributed by atoms with Gasteiger partial charge in [0, 0.05) is 12.1 Å². The maximum atomic E-state index is 10.5. The van der Waals surface area contributed by atoms with Crippen LogP contribution in [0.25, 0.3) is 0 Å². The first-order valence-electron chi connectivity index (χ1n) is 8.41. The highest BCUT2D eigenvalue weighted by Crippen LogP contribution is 2.55. The van der Waals surface area contributed by atoms with E-state index in [4.69, 9.17) is 23.2 Å². The Bertz CT molecular complexity index is 539.